The van der Waals surface area contributed by atoms with Gasteiger partial charge in [0.15, 0.2) is 5.78 Å². The number of Topliss-reactive ketones (excluding diaryl/α,β-unsaturated/α-hetero) is 1. The van der Waals surface area contributed by atoms with Crippen LogP contribution in [0, 0.1) is 26.6 Å². The van der Waals surface area contributed by atoms with Crippen LogP contribution in [0.5, 0.6) is 0 Å². The van der Waals surface area contributed by atoms with Crippen molar-refractivity contribution in [3.05, 3.63) is 58.4 Å². The van der Waals surface area contributed by atoms with Gasteiger partial charge in [-0.1, -0.05) is 17.7 Å². The Hall–Kier alpha value is -2.16. The van der Waals surface area contributed by atoms with Gasteiger partial charge in [-0.2, -0.15) is 0 Å². The molecule has 0 atom stereocenters. The largest absolute Gasteiger partial charge is 0.344 e. The zero-order valence-electron chi connectivity index (χ0n) is 13.1. The van der Waals surface area contributed by atoms with E-state index in [1.54, 1.807) is 13.0 Å². The second-order valence-corrected chi connectivity index (χ2v) is 5.52. The quantitative estimate of drug-likeness (QED) is 0.760. The molecule has 0 radical (unpaired) electrons. The third kappa shape index (κ3) is 2.97. The lowest BCUT2D eigenvalue weighted by Gasteiger charge is -2.24. The van der Waals surface area contributed by atoms with Crippen molar-refractivity contribution in [1.82, 2.24) is 0 Å². The Morgan fingerprint density at radius 3 is 2.24 bits per heavy atom. The van der Waals surface area contributed by atoms with Crippen LogP contribution in [0.2, 0.25) is 0 Å². The Balaban J connectivity index is 2.59. The summed E-state index contributed by atoms with van der Waals surface area (Å²) < 4.78 is 13.7. The first kappa shape index (κ1) is 15.2. The predicted octanol–water partition coefficient (Wildman–Crippen LogP) is 4.72. The number of nitrogens with zero attached hydrogens (tertiary/aromatic N) is 1. The Bertz CT molecular complexity index is 707. The van der Waals surface area contributed by atoms with Crippen LogP contribution >= 0.6 is 0 Å². The molecule has 0 N–H and O–H groups in total. The number of halogens is 1. The molecule has 0 aliphatic heterocycles. The average Bonchev–Trinajstić information content (AvgIpc) is 2.40. The third-order valence-corrected chi connectivity index (χ3v) is 3.73. The second kappa shape index (κ2) is 5.68. The minimum atomic E-state index is -0.349. The summed E-state index contributed by atoms with van der Waals surface area (Å²) in [4.78, 5) is 13.8. The summed E-state index contributed by atoms with van der Waals surface area (Å²) in [5.74, 6) is -0.488. The van der Waals surface area contributed by atoms with E-state index in [-0.39, 0.29) is 11.6 Å². The summed E-state index contributed by atoms with van der Waals surface area (Å²) in [7, 11) is 1.90. The predicted molar refractivity (Wildman–Crippen MR) is 85.1 cm³/mol. The highest BCUT2D eigenvalue weighted by Gasteiger charge is 2.16. The van der Waals surface area contributed by atoms with Crippen molar-refractivity contribution >= 4 is 17.2 Å². The third-order valence-electron chi connectivity index (χ3n) is 3.73. The number of carbonyl (C=O) groups excluding carboxylic acids is 1. The second-order valence-electron chi connectivity index (χ2n) is 5.52. The van der Waals surface area contributed by atoms with Crippen molar-refractivity contribution in [1.29, 1.82) is 0 Å². The maximum absolute atomic E-state index is 13.7. The molecule has 0 saturated heterocycles. The van der Waals surface area contributed by atoms with E-state index in [1.807, 2.05) is 37.9 Å². The number of aryl methyl sites for hydroxylation is 3. The smallest absolute Gasteiger partial charge is 0.162 e. The van der Waals surface area contributed by atoms with E-state index >= 15 is 0 Å². The van der Waals surface area contributed by atoms with Crippen LogP contribution in [-0.2, 0) is 0 Å². The molecular formula is C18H20FNO. The summed E-state index contributed by atoms with van der Waals surface area (Å²) in [6.07, 6.45) is 0. The number of ketones is 1. The first-order chi connectivity index (χ1) is 9.81. The van der Waals surface area contributed by atoms with E-state index in [0.29, 0.717) is 11.1 Å². The summed E-state index contributed by atoms with van der Waals surface area (Å²) in [6, 6.07) is 9.20. The molecule has 0 heterocycles. The van der Waals surface area contributed by atoms with Crippen molar-refractivity contribution in [3.63, 3.8) is 0 Å². The minimum absolute atomic E-state index is 0.138. The molecule has 2 aromatic rings. The first-order valence-electron chi connectivity index (χ1n) is 6.93. The van der Waals surface area contributed by atoms with E-state index in [1.165, 1.54) is 18.6 Å². The molecule has 3 heteroatoms. The number of rotatable bonds is 3. The highest BCUT2D eigenvalue weighted by Crippen LogP contribution is 2.32. The molecule has 0 unspecified atom stereocenters. The molecule has 0 spiro atoms. The van der Waals surface area contributed by atoms with Crippen LogP contribution in [0.25, 0.3) is 0 Å². The van der Waals surface area contributed by atoms with Crippen LogP contribution in [0.1, 0.15) is 34.0 Å². The van der Waals surface area contributed by atoms with Crippen molar-refractivity contribution in [3.8, 4) is 0 Å². The Morgan fingerprint density at radius 1 is 1.00 bits per heavy atom. The highest BCUT2D eigenvalue weighted by molar-refractivity contribution is 6.00. The topological polar surface area (TPSA) is 20.3 Å². The van der Waals surface area contributed by atoms with Crippen molar-refractivity contribution in [2.45, 2.75) is 27.7 Å². The number of hydrogen-bond acceptors (Lipinski definition) is 2. The molecule has 2 nitrogen and oxygen atoms in total. The van der Waals surface area contributed by atoms with Crippen LogP contribution in [0.3, 0.4) is 0 Å². The zero-order chi connectivity index (χ0) is 15.7. The van der Waals surface area contributed by atoms with Gasteiger partial charge in [0.2, 0.25) is 0 Å². The minimum Gasteiger partial charge on any atom is -0.344 e. The Labute approximate surface area is 125 Å². The molecule has 0 aromatic heterocycles. The Kier molecular flexibility index (Phi) is 4.12. The van der Waals surface area contributed by atoms with Crippen molar-refractivity contribution < 1.29 is 9.18 Å². The van der Waals surface area contributed by atoms with Gasteiger partial charge in [-0.3, -0.25) is 4.79 Å². The fourth-order valence-corrected chi connectivity index (χ4v) is 2.54. The van der Waals surface area contributed by atoms with E-state index in [2.05, 4.69) is 6.07 Å². The molecule has 0 fully saturated rings. The van der Waals surface area contributed by atoms with Crippen LogP contribution < -0.4 is 4.90 Å². The van der Waals surface area contributed by atoms with Gasteiger partial charge in [-0.05, 0) is 57.0 Å². The number of carbonyl (C=O) groups is 1. The lowest BCUT2D eigenvalue weighted by molar-refractivity contribution is 0.101. The van der Waals surface area contributed by atoms with Crippen LogP contribution in [0.15, 0.2) is 30.3 Å². The van der Waals surface area contributed by atoms with Gasteiger partial charge in [0.25, 0.3) is 0 Å². The van der Waals surface area contributed by atoms with Crippen molar-refractivity contribution in [2.75, 3.05) is 11.9 Å². The monoisotopic (exact) mass is 285 g/mol. The average molecular weight is 285 g/mol. The number of anilines is 2. The van der Waals surface area contributed by atoms with E-state index in [9.17, 15) is 9.18 Å². The Morgan fingerprint density at radius 2 is 1.67 bits per heavy atom. The molecule has 0 bridgehead atoms. The summed E-state index contributed by atoms with van der Waals surface area (Å²) in [6.45, 7) is 7.24. The van der Waals surface area contributed by atoms with Crippen molar-refractivity contribution in [2.24, 2.45) is 0 Å². The van der Waals surface area contributed by atoms with Gasteiger partial charge >= 0.3 is 0 Å². The van der Waals surface area contributed by atoms with Crippen LogP contribution in [-0.4, -0.2) is 12.8 Å². The fraction of sp³-hybridized carbons (Fsp3) is 0.278. The fourth-order valence-electron chi connectivity index (χ4n) is 2.54. The molecule has 0 saturated carbocycles. The van der Waals surface area contributed by atoms with Gasteiger partial charge in [0.1, 0.15) is 5.82 Å². The molecule has 2 aromatic carbocycles. The van der Waals surface area contributed by atoms with Gasteiger partial charge in [-0.15, -0.1) is 0 Å². The van der Waals surface area contributed by atoms with E-state index in [0.717, 1.165) is 16.9 Å². The molecule has 110 valence electrons. The van der Waals surface area contributed by atoms with Gasteiger partial charge < -0.3 is 4.90 Å². The SMILES string of the molecule is CC(=O)c1cc(F)c(C)cc1N(C)c1ccc(C)cc1C. The molecule has 2 rings (SSSR count). The normalized spacial score (nSPS) is 10.6. The zero-order valence-corrected chi connectivity index (χ0v) is 13.1. The lowest BCUT2D eigenvalue weighted by Crippen LogP contribution is -2.15. The van der Waals surface area contributed by atoms with Gasteiger partial charge in [-0.25, -0.2) is 4.39 Å². The van der Waals surface area contributed by atoms with E-state index < -0.39 is 0 Å². The summed E-state index contributed by atoms with van der Waals surface area (Å²) in [5.41, 5.74) is 4.98. The highest BCUT2D eigenvalue weighted by atomic mass is 19.1. The van der Waals surface area contributed by atoms with Gasteiger partial charge in [0, 0.05) is 18.3 Å². The number of hydrogen-bond donors (Lipinski definition) is 0. The molecule has 21 heavy (non-hydrogen) atoms. The maximum Gasteiger partial charge on any atom is 0.162 e. The maximum atomic E-state index is 13.7. The number of benzene rings is 2. The summed E-state index contributed by atoms with van der Waals surface area (Å²) >= 11 is 0. The first-order valence-corrected chi connectivity index (χ1v) is 6.93. The van der Waals surface area contributed by atoms with Gasteiger partial charge in [0.05, 0.1) is 5.69 Å². The molecule has 0 amide bonds. The molecule has 0 aliphatic rings. The standard InChI is InChI=1S/C18H20FNO/c1-11-6-7-17(13(3)8-11)20(5)18-9-12(2)16(19)10-15(18)14(4)21/h6-10H,1-5H3. The lowest BCUT2D eigenvalue weighted by atomic mass is 10.0. The van der Waals surface area contributed by atoms with Crippen LogP contribution in [0.4, 0.5) is 15.8 Å². The molecular weight excluding hydrogens is 265 g/mol. The summed E-state index contributed by atoms with van der Waals surface area (Å²) in [5, 5.41) is 0. The molecule has 0 aliphatic carbocycles. The van der Waals surface area contributed by atoms with E-state index in [4.69, 9.17) is 0 Å².